The molecule has 2 aliphatic rings. The summed E-state index contributed by atoms with van der Waals surface area (Å²) < 4.78 is 37.7. The normalized spacial score (nSPS) is 18.9. The van der Waals surface area contributed by atoms with Gasteiger partial charge in [0.05, 0.1) is 17.8 Å². The monoisotopic (exact) mass is 618 g/mol. The first-order valence-corrected chi connectivity index (χ1v) is 15.5. The van der Waals surface area contributed by atoms with Crippen molar-refractivity contribution in [1.82, 2.24) is 34.3 Å². The third-order valence-corrected chi connectivity index (χ3v) is 8.44. The van der Waals surface area contributed by atoms with Gasteiger partial charge in [0.1, 0.15) is 28.6 Å². The fourth-order valence-corrected chi connectivity index (χ4v) is 6.62. The summed E-state index contributed by atoms with van der Waals surface area (Å²) in [5.41, 5.74) is 1.88. The number of anilines is 2. The van der Waals surface area contributed by atoms with Crippen molar-refractivity contribution in [3.05, 3.63) is 59.8 Å². The first kappa shape index (κ1) is 30.8. The maximum atomic E-state index is 15.1. The Morgan fingerprint density at radius 1 is 1.07 bits per heavy atom. The second-order valence-electron chi connectivity index (χ2n) is 13.4. The molecule has 238 valence electrons. The summed E-state index contributed by atoms with van der Waals surface area (Å²) in [4.78, 5) is 34.5. The summed E-state index contributed by atoms with van der Waals surface area (Å²) in [6.45, 7) is 14.6. The zero-order valence-electron chi connectivity index (χ0n) is 26.6. The number of nitrogens with one attached hydrogen (secondary N) is 1. The number of ether oxygens (including phenoxy) is 1. The highest BCUT2D eigenvalue weighted by Crippen LogP contribution is 2.34. The molecule has 0 bridgehead atoms. The fraction of sp³-hybridized carbons (Fsp3) is 0.485. The molecule has 1 N–H and O–H groups in total. The van der Waals surface area contributed by atoms with Gasteiger partial charge in [0.2, 0.25) is 5.95 Å². The zero-order chi connectivity index (χ0) is 32.0. The standard InChI is InChI=1S/C33H40F2N8O2/c1-19(2)43-20(3)39-30-25(34)10-23(11-27(30)43)24-12-29(36-15-26(24)35)40-31-37-13-21(14-38-31)16-41-17-22-8-7-9-42(28(22)18-41)32(44)45-33(4,5)6/h10-15,19,22,28H,7-9,16-18H2,1-6H3,(H,36,37,38,40)/t22-,28+/m0/s1. The molecule has 45 heavy (non-hydrogen) atoms. The third kappa shape index (κ3) is 6.47. The van der Waals surface area contributed by atoms with Gasteiger partial charge in [0, 0.05) is 55.7 Å². The minimum atomic E-state index is -0.570. The van der Waals surface area contributed by atoms with Gasteiger partial charge in [-0.1, -0.05) is 0 Å². The Balaban J connectivity index is 1.14. The van der Waals surface area contributed by atoms with Gasteiger partial charge in [-0.15, -0.1) is 0 Å². The smallest absolute Gasteiger partial charge is 0.410 e. The number of hydrogen-bond acceptors (Lipinski definition) is 8. The van der Waals surface area contributed by atoms with E-state index >= 15 is 4.39 Å². The fourth-order valence-electron chi connectivity index (χ4n) is 6.62. The molecule has 3 aromatic heterocycles. The number of fused-ring (bicyclic) bond motifs is 2. The molecule has 0 unspecified atom stereocenters. The van der Waals surface area contributed by atoms with Crippen molar-refractivity contribution >= 4 is 28.9 Å². The number of benzene rings is 1. The average molecular weight is 619 g/mol. The van der Waals surface area contributed by atoms with Crippen LogP contribution in [0, 0.1) is 24.5 Å². The van der Waals surface area contributed by atoms with Crippen molar-refractivity contribution < 1.29 is 18.3 Å². The van der Waals surface area contributed by atoms with Crippen LogP contribution in [0.5, 0.6) is 0 Å². The van der Waals surface area contributed by atoms with E-state index in [1.165, 1.54) is 12.1 Å². The molecule has 1 aromatic carbocycles. The molecule has 6 rings (SSSR count). The van der Waals surface area contributed by atoms with Gasteiger partial charge in [-0.3, -0.25) is 4.90 Å². The molecule has 2 atom stereocenters. The highest BCUT2D eigenvalue weighted by Gasteiger charge is 2.42. The number of carbonyl (C=O) groups is 1. The minimum absolute atomic E-state index is 0.0609. The highest BCUT2D eigenvalue weighted by molar-refractivity contribution is 5.84. The van der Waals surface area contributed by atoms with E-state index < -0.39 is 17.2 Å². The molecule has 2 fully saturated rings. The van der Waals surface area contributed by atoms with Crippen LogP contribution in [0.3, 0.4) is 0 Å². The van der Waals surface area contributed by atoms with Crippen molar-refractivity contribution in [2.75, 3.05) is 25.0 Å². The molecule has 0 spiro atoms. The van der Waals surface area contributed by atoms with Crippen LogP contribution in [0.1, 0.15) is 64.9 Å². The lowest BCUT2D eigenvalue weighted by atomic mass is 9.92. The van der Waals surface area contributed by atoms with E-state index in [2.05, 4.69) is 30.2 Å². The van der Waals surface area contributed by atoms with Gasteiger partial charge in [0.15, 0.2) is 5.82 Å². The second kappa shape index (κ2) is 12.0. The minimum Gasteiger partial charge on any atom is -0.444 e. The molecule has 0 radical (unpaired) electrons. The number of hydrogen-bond donors (Lipinski definition) is 1. The molecule has 0 aliphatic carbocycles. The Morgan fingerprint density at radius 2 is 1.82 bits per heavy atom. The van der Waals surface area contributed by atoms with Gasteiger partial charge < -0.3 is 19.5 Å². The van der Waals surface area contributed by atoms with Crippen molar-refractivity contribution in [2.24, 2.45) is 5.92 Å². The van der Waals surface area contributed by atoms with E-state index in [9.17, 15) is 9.18 Å². The van der Waals surface area contributed by atoms with Crippen LogP contribution in [-0.2, 0) is 11.3 Å². The molecule has 1 amide bonds. The van der Waals surface area contributed by atoms with E-state index in [1.807, 2.05) is 51.0 Å². The molecule has 2 aliphatic heterocycles. The van der Waals surface area contributed by atoms with Crippen molar-refractivity contribution in [2.45, 2.75) is 78.6 Å². The lowest BCUT2D eigenvalue weighted by molar-refractivity contribution is 0.00620. The topological polar surface area (TPSA) is 101 Å². The van der Waals surface area contributed by atoms with Crippen LogP contribution in [0.4, 0.5) is 25.3 Å². The van der Waals surface area contributed by atoms with Crippen LogP contribution >= 0.6 is 0 Å². The number of likely N-dealkylation sites (tertiary alicyclic amines) is 2. The molecule has 2 saturated heterocycles. The number of rotatable bonds is 6. The number of nitrogens with zero attached hydrogens (tertiary/aromatic N) is 7. The van der Waals surface area contributed by atoms with E-state index in [4.69, 9.17) is 4.74 Å². The Kier molecular flexibility index (Phi) is 8.19. The maximum Gasteiger partial charge on any atom is 0.410 e. The van der Waals surface area contributed by atoms with Gasteiger partial charge >= 0.3 is 6.09 Å². The van der Waals surface area contributed by atoms with E-state index in [0.29, 0.717) is 41.1 Å². The van der Waals surface area contributed by atoms with Crippen LogP contribution in [0.2, 0.25) is 0 Å². The number of aromatic nitrogens is 5. The number of pyridine rings is 1. The Morgan fingerprint density at radius 3 is 2.53 bits per heavy atom. The molecule has 10 nitrogen and oxygen atoms in total. The predicted molar refractivity (Wildman–Crippen MR) is 168 cm³/mol. The predicted octanol–water partition coefficient (Wildman–Crippen LogP) is 6.63. The molecular weight excluding hydrogens is 578 g/mol. The molecular formula is C33H40F2N8O2. The first-order chi connectivity index (χ1) is 21.4. The largest absolute Gasteiger partial charge is 0.444 e. The van der Waals surface area contributed by atoms with Crippen LogP contribution < -0.4 is 5.32 Å². The van der Waals surface area contributed by atoms with Crippen molar-refractivity contribution in [3.8, 4) is 11.1 Å². The first-order valence-electron chi connectivity index (χ1n) is 15.5. The highest BCUT2D eigenvalue weighted by atomic mass is 19.1. The maximum absolute atomic E-state index is 15.1. The number of carbonyl (C=O) groups excluding carboxylic acids is 1. The summed E-state index contributed by atoms with van der Waals surface area (Å²) in [5.74, 6) is 0.670. The summed E-state index contributed by atoms with van der Waals surface area (Å²) in [5, 5.41) is 3.04. The number of imidazole rings is 1. The summed E-state index contributed by atoms with van der Waals surface area (Å²) in [6, 6.07) is 4.78. The summed E-state index contributed by atoms with van der Waals surface area (Å²) in [7, 11) is 0. The average Bonchev–Trinajstić information content (AvgIpc) is 3.54. The van der Waals surface area contributed by atoms with Crippen molar-refractivity contribution in [3.63, 3.8) is 0 Å². The van der Waals surface area contributed by atoms with Gasteiger partial charge in [-0.2, -0.15) is 0 Å². The number of halogens is 2. The number of amides is 1. The SMILES string of the molecule is Cc1nc2c(F)cc(-c3cc(Nc4ncc(CN5C[C@@H]6CCCN(C(=O)OC(C)(C)C)[C@@H]6C5)cn4)ncc3F)cc2n1C(C)C. The Hall–Kier alpha value is -4.19. The molecule has 4 aromatic rings. The zero-order valence-corrected chi connectivity index (χ0v) is 26.6. The molecule has 12 heteroatoms. The lowest BCUT2D eigenvalue weighted by Crippen LogP contribution is -2.50. The summed E-state index contributed by atoms with van der Waals surface area (Å²) in [6.07, 6.45) is 6.44. The van der Waals surface area contributed by atoms with E-state index in [1.54, 1.807) is 18.5 Å². The molecule has 5 heterocycles. The summed E-state index contributed by atoms with van der Waals surface area (Å²) >= 11 is 0. The van der Waals surface area contributed by atoms with Crippen LogP contribution in [-0.4, -0.2) is 71.7 Å². The number of piperidine rings is 1. The van der Waals surface area contributed by atoms with Gasteiger partial charge in [-0.05, 0) is 84.1 Å². The lowest BCUT2D eigenvalue weighted by Gasteiger charge is -2.37. The Labute approximate surface area is 261 Å². The van der Waals surface area contributed by atoms with Crippen LogP contribution in [0.15, 0.2) is 36.8 Å². The van der Waals surface area contributed by atoms with Gasteiger partial charge in [-0.25, -0.2) is 33.5 Å². The Bertz CT molecular complexity index is 1720. The number of aryl methyl sites for hydroxylation is 1. The van der Waals surface area contributed by atoms with Crippen LogP contribution in [0.25, 0.3) is 22.2 Å². The quantitative estimate of drug-likeness (QED) is 0.257. The molecule has 0 saturated carbocycles. The third-order valence-electron chi connectivity index (χ3n) is 8.44. The van der Waals surface area contributed by atoms with Crippen molar-refractivity contribution in [1.29, 1.82) is 0 Å². The van der Waals surface area contributed by atoms with Gasteiger partial charge in [0.25, 0.3) is 0 Å². The van der Waals surface area contributed by atoms with E-state index in [-0.39, 0.29) is 29.3 Å². The second-order valence-corrected chi connectivity index (χ2v) is 13.4. The van der Waals surface area contributed by atoms with E-state index in [0.717, 1.165) is 44.2 Å².